The van der Waals surface area contributed by atoms with Gasteiger partial charge in [0.2, 0.25) is 5.91 Å². The molecular formula is C9H11FN2O. The lowest BCUT2D eigenvalue weighted by atomic mass is 10.0. The Balaban J connectivity index is 3.10. The number of aryl methyl sites for hydroxylation is 1. The molecule has 0 atom stereocenters. The number of hydrogen-bond acceptors (Lipinski definition) is 2. The quantitative estimate of drug-likeness (QED) is 0.681. The Morgan fingerprint density at radius 1 is 1.46 bits per heavy atom. The first kappa shape index (κ1) is 9.51. The van der Waals surface area contributed by atoms with Crippen LogP contribution in [0.3, 0.4) is 0 Å². The fraction of sp³-hybridized carbons (Fsp3) is 0.222. The number of carbonyl (C=O) groups is 1. The number of rotatable bonds is 3. The second kappa shape index (κ2) is 3.89. The monoisotopic (exact) mass is 182 g/mol. The number of amides is 1. The number of hydrogen-bond donors (Lipinski definition) is 2. The van der Waals surface area contributed by atoms with Crippen LogP contribution in [0.5, 0.6) is 0 Å². The van der Waals surface area contributed by atoms with Crippen LogP contribution in [0.15, 0.2) is 18.2 Å². The van der Waals surface area contributed by atoms with Gasteiger partial charge in [0.15, 0.2) is 0 Å². The normalized spacial score (nSPS) is 9.92. The van der Waals surface area contributed by atoms with Crippen LogP contribution in [-0.2, 0) is 6.42 Å². The molecule has 4 N–H and O–H groups in total. The van der Waals surface area contributed by atoms with Crippen LogP contribution in [0, 0.1) is 0 Å². The second-order valence-corrected chi connectivity index (χ2v) is 2.72. The standard InChI is InChI=1S/C9H11FN2O/c10-4-3-6-5-7(11)1-2-8(6)9(12)13/h1-2,5H,3-4,11H2,(H2,12,13). The minimum atomic E-state index is -0.552. The van der Waals surface area contributed by atoms with Crippen molar-refractivity contribution >= 4 is 11.6 Å². The molecular weight excluding hydrogens is 171 g/mol. The predicted octanol–water partition coefficient (Wildman–Crippen LogP) is 0.880. The zero-order valence-corrected chi connectivity index (χ0v) is 7.09. The van der Waals surface area contributed by atoms with Crippen molar-refractivity contribution in [1.82, 2.24) is 0 Å². The molecule has 0 aliphatic carbocycles. The van der Waals surface area contributed by atoms with Crippen LogP contribution in [0.4, 0.5) is 10.1 Å². The molecule has 0 unspecified atom stereocenters. The van der Waals surface area contributed by atoms with E-state index in [9.17, 15) is 9.18 Å². The molecule has 0 bridgehead atoms. The number of carbonyl (C=O) groups excluding carboxylic acids is 1. The second-order valence-electron chi connectivity index (χ2n) is 2.72. The maximum Gasteiger partial charge on any atom is 0.248 e. The lowest BCUT2D eigenvalue weighted by Crippen LogP contribution is -2.14. The molecule has 1 amide bonds. The Kier molecular flexibility index (Phi) is 2.84. The number of nitrogens with two attached hydrogens (primary N) is 2. The van der Waals surface area contributed by atoms with E-state index in [2.05, 4.69) is 0 Å². The van der Waals surface area contributed by atoms with E-state index in [1.54, 1.807) is 12.1 Å². The van der Waals surface area contributed by atoms with Gasteiger partial charge in [-0.25, -0.2) is 0 Å². The van der Waals surface area contributed by atoms with Crippen LogP contribution in [0.25, 0.3) is 0 Å². The van der Waals surface area contributed by atoms with Gasteiger partial charge in [0.05, 0.1) is 6.67 Å². The lowest BCUT2D eigenvalue weighted by molar-refractivity contribution is 0.0999. The first-order valence-electron chi connectivity index (χ1n) is 3.89. The summed E-state index contributed by atoms with van der Waals surface area (Å²) in [5, 5.41) is 0. The van der Waals surface area contributed by atoms with Crippen molar-refractivity contribution in [2.24, 2.45) is 5.73 Å². The van der Waals surface area contributed by atoms with Gasteiger partial charge in [0, 0.05) is 17.7 Å². The molecule has 3 nitrogen and oxygen atoms in total. The van der Waals surface area contributed by atoms with Crippen molar-refractivity contribution in [3.05, 3.63) is 29.3 Å². The maximum absolute atomic E-state index is 12.1. The minimum Gasteiger partial charge on any atom is -0.399 e. The SMILES string of the molecule is NC(=O)c1ccc(N)cc1CCF. The molecule has 0 aliphatic heterocycles. The number of nitrogen functional groups attached to an aromatic ring is 1. The molecule has 0 aliphatic rings. The zero-order chi connectivity index (χ0) is 9.84. The van der Waals surface area contributed by atoms with Gasteiger partial charge in [-0.3, -0.25) is 9.18 Å². The van der Waals surface area contributed by atoms with Crippen LogP contribution < -0.4 is 11.5 Å². The van der Waals surface area contributed by atoms with Gasteiger partial charge in [-0.15, -0.1) is 0 Å². The van der Waals surface area contributed by atoms with E-state index >= 15 is 0 Å². The molecule has 4 heteroatoms. The maximum atomic E-state index is 12.1. The Morgan fingerprint density at radius 2 is 2.15 bits per heavy atom. The van der Waals surface area contributed by atoms with E-state index in [0.717, 1.165) is 0 Å². The Labute approximate surface area is 75.5 Å². The highest BCUT2D eigenvalue weighted by Crippen LogP contribution is 2.13. The average Bonchev–Trinajstić information content (AvgIpc) is 2.04. The third-order valence-corrected chi connectivity index (χ3v) is 1.76. The summed E-state index contributed by atoms with van der Waals surface area (Å²) in [5.41, 5.74) is 12.0. The number of halogens is 1. The molecule has 0 heterocycles. The van der Waals surface area contributed by atoms with Gasteiger partial charge in [-0.05, 0) is 23.8 Å². The number of anilines is 1. The van der Waals surface area contributed by atoms with E-state index in [-0.39, 0.29) is 6.42 Å². The van der Waals surface area contributed by atoms with E-state index in [1.807, 2.05) is 0 Å². The topological polar surface area (TPSA) is 69.1 Å². The van der Waals surface area contributed by atoms with Crippen molar-refractivity contribution < 1.29 is 9.18 Å². The van der Waals surface area contributed by atoms with E-state index in [1.165, 1.54) is 6.07 Å². The average molecular weight is 182 g/mol. The molecule has 0 radical (unpaired) electrons. The van der Waals surface area contributed by atoms with E-state index < -0.39 is 12.6 Å². The first-order valence-corrected chi connectivity index (χ1v) is 3.89. The summed E-state index contributed by atoms with van der Waals surface area (Å²) in [6, 6.07) is 4.66. The Hall–Kier alpha value is -1.58. The molecule has 0 spiro atoms. The highest BCUT2D eigenvalue weighted by atomic mass is 19.1. The Bertz CT molecular complexity index is 325. The van der Waals surface area contributed by atoms with Crippen molar-refractivity contribution in [2.45, 2.75) is 6.42 Å². The molecule has 0 saturated heterocycles. The summed E-state index contributed by atoms with van der Waals surface area (Å²) in [7, 11) is 0. The highest BCUT2D eigenvalue weighted by Gasteiger charge is 2.07. The third-order valence-electron chi connectivity index (χ3n) is 1.76. The molecule has 1 rings (SSSR count). The first-order chi connectivity index (χ1) is 6.15. The molecule has 13 heavy (non-hydrogen) atoms. The predicted molar refractivity (Wildman–Crippen MR) is 49.1 cm³/mol. The summed E-state index contributed by atoms with van der Waals surface area (Å²) in [6.07, 6.45) is 0.170. The lowest BCUT2D eigenvalue weighted by Gasteiger charge is -2.05. The Morgan fingerprint density at radius 3 is 2.69 bits per heavy atom. The summed E-state index contributed by atoms with van der Waals surface area (Å²) in [5.74, 6) is -0.552. The van der Waals surface area contributed by atoms with Gasteiger partial charge >= 0.3 is 0 Å². The van der Waals surface area contributed by atoms with Crippen molar-refractivity contribution in [3.63, 3.8) is 0 Å². The molecule has 0 fully saturated rings. The number of alkyl halides is 1. The van der Waals surface area contributed by atoms with Crippen LogP contribution in [-0.4, -0.2) is 12.6 Å². The fourth-order valence-corrected chi connectivity index (χ4v) is 1.16. The summed E-state index contributed by atoms with van der Waals surface area (Å²) >= 11 is 0. The van der Waals surface area contributed by atoms with Crippen molar-refractivity contribution in [2.75, 3.05) is 12.4 Å². The summed E-state index contributed by atoms with van der Waals surface area (Å²) in [6.45, 7) is -0.524. The molecule has 0 aromatic heterocycles. The summed E-state index contributed by atoms with van der Waals surface area (Å²) < 4.78 is 12.1. The molecule has 0 saturated carbocycles. The zero-order valence-electron chi connectivity index (χ0n) is 7.09. The molecule has 70 valence electrons. The van der Waals surface area contributed by atoms with Crippen LogP contribution in [0.1, 0.15) is 15.9 Å². The third kappa shape index (κ3) is 2.18. The number of primary amides is 1. The van der Waals surface area contributed by atoms with Crippen LogP contribution in [0.2, 0.25) is 0 Å². The van der Waals surface area contributed by atoms with Crippen molar-refractivity contribution in [1.29, 1.82) is 0 Å². The van der Waals surface area contributed by atoms with E-state index in [0.29, 0.717) is 16.8 Å². The smallest absolute Gasteiger partial charge is 0.248 e. The number of benzene rings is 1. The highest BCUT2D eigenvalue weighted by molar-refractivity contribution is 5.94. The largest absolute Gasteiger partial charge is 0.399 e. The fourth-order valence-electron chi connectivity index (χ4n) is 1.16. The molecule has 1 aromatic rings. The van der Waals surface area contributed by atoms with Gasteiger partial charge in [-0.2, -0.15) is 0 Å². The minimum absolute atomic E-state index is 0.170. The van der Waals surface area contributed by atoms with E-state index in [4.69, 9.17) is 11.5 Å². The van der Waals surface area contributed by atoms with Crippen molar-refractivity contribution in [3.8, 4) is 0 Å². The van der Waals surface area contributed by atoms with Gasteiger partial charge in [-0.1, -0.05) is 0 Å². The van der Waals surface area contributed by atoms with Gasteiger partial charge < -0.3 is 11.5 Å². The summed E-state index contributed by atoms with van der Waals surface area (Å²) in [4.78, 5) is 10.9. The van der Waals surface area contributed by atoms with Crippen LogP contribution >= 0.6 is 0 Å². The molecule has 1 aromatic carbocycles. The van der Waals surface area contributed by atoms with Gasteiger partial charge in [0.25, 0.3) is 0 Å². The van der Waals surface area contributed by atoms with Gasteiger partial charge in [0.1, 0.15) is 0 Å².